The zero-order chi connectivity index (χ0) is 26.1. The van der Waals surface area contributed by atoms with Gasteiger partial charge in [0.1, 0.15) is 6.54 Å². The molecule has 0 saturated carbocycles. The van der Waals surface area contributed by atoms with Crippen LogP contribution in [-0.2, 0) is 14.8 Å². The van der Waals surface area contributed by atoms with Crippen molar-refractivity contribution in [3.8, 4) is 11.5 Å². The minimum atomic E-state index is -4.12. The van der Waals surface area contributed by atoms with E-state index in [4.69, 9.17) is 32.7 Å². The fourth-order valence-corrected chi connectivity index (χ4v) is 5.22. The number of carbonyl (C=O) groups is 1. The van der Waals surface area contributed by atoms with E-state index >= 15 is 0 Å². The first-order valence-corrected chi connectivity index (χ1v) is 13.2. The molecule has 3 rings (SSSR count). The number of rotatable bonds is 11. The number of ether oxygens (including phenoxy) is 2. The largest absolute Gasteiger partial charge is 0.490 e. The smallest absolute Gasteiger partial charge is 0.264 e. The van der Waals surface area contributed by atoms with Gasteiger partial charge in [-0.1, -0.05) is 41.4 Å². The maximum absolute atomic E-state index is 13.4. The van der Waals surface area contributed by atoms with Crippen molar-refractivity contribution in [3.63, 3.8) is 0 Å². The summed E-state index contributed by atoms with van der Waals surface area (Å²) in [5, 5.41) is 4.37. The number of carbonyl (C=O) groups excluding carboxylic acids is 1. The number of nitrogens with zero attached hydrogens (tertiary/aromatic N) is 2. The van der Waals surface area contributed by atoms with E-state index in [9.17, 15) is 13.2 Å². The molecule has 0 radical (unpaired) electrons. The molecule has 1 amide bonds. The van der Waals surface area contributed by atoms with Gasteiger partial charge in [0.25, 0.3) is 15.9 Å². The van der Waals surface area contributed by atoms with E-state index in [2.05, 4.69) is 10.5 Å². The molecule has 0 unspecified atom stereocenters. The van der Waals surface area contributed by atoms with Crippen molar-refractivity contribution >= 4 is 51.0 Å². The molecular formula is C25H25Cl2N3O5S. The van der Waals surface area contributed by atoms with Crippen LogP contribution in [0.3, 0.4) is 0 Å². The summed E-state index contributed by atoms with van der Waals surface area (Å²) in [6.45, 7) is 4.11. The standard InChI is InChI=1S/C25H25Cl2N3O5S/c1-3-34-23-13-10-18(14-24(23)35-4-2)16-28-29-25(31)17-30(22-12-11-19(26)15-21(22)27)36(32,33)20-8-6-5-7-9-20/h5-16H,3-4,17H2,1-2H3,(H,29,31)/b28-16-. The molecule has 0 aliphatic rings. The lowest BCUT2D eigenvalue weighted by atomic mass is 10.2. The molecule has 3 aromatic rings. The van der Waals surface area contributed by atoms with E-state index in [1.807, 2.05) is 13.8 Å². The highest BCUT2D eigenvalue weighted by molar-refractivity contribution is 7.92. The average Bonchev–Trinajstić information content (AvgIpc) is 2.85. The molecule has 0 fully saturated rings. The van der Waals surface area contributed by atoms with Crippen LogP contribution < -0.4 is 19.2 Å². The van der Waals surface area contributed by atoms with Crippen molar-refractivity contribution in [3.05, 3.63) is 82.3 Å². The molecule has 0 aliphatic heterocycles. The zero-order valence-corrected chi connectivity index (χ0v) is 22.0. The zero-order valence-electron chi connectivity index (χ0n) is 19.6. The summed E-state index contributed by atoms with van der Waals surface area (Å²) in [4.78, 5) is 12.7. The Bertz CT molecular complexity index is 1330. The van der Waals surface area contributed by atoms with E-state index in [1.165, 1.54) is 36.5 Å². The lowest BCUT2D eigenvalue weighted by Gasteiger charge is -2.24. The van der Waals surface area contributed by atoms with Crippen molar-refractivity contribution < 1.29 is 22.7 Å². The van der Waals surface area contributed by atoms with Crippen molar-refractivity contribution in [2.75, 3.05) is 24.1 Å². The Labute approximate surface area is 220 Å². The maximum Gasteiger partial charge on any atom is 0.264 e. The van der Waals surface area contributed by atoms with Crippen LogP contribution in [0, 0.1) is 0 Å². The van der Waals surface area contributed by atoms with Crippen molar-refractivity contribution in [2.45, 2.75) is 18.7 Å². The lowest BCUT2D eigenvalue weighted by Crippen LogP contribution is -2.39. The third-order valence-electron chi connectivity index (χ3n) is 4.77. The number of amides is 1. The number of halogens is 2. The molecule has 36 heavy (non-hydrogen) atoms. The summed E-state index contributed by atoms with van der Waals surface area (Å²) in [6.07, 6.45) is 1.42. The number of sulfonamides is 1. The SMILES string of the molecule is CCOc1ccc(/C=N\NC(=O)CN(c2ccc(Cl)cc2Cl)S(=O)(=O)c2ccccc2)cc1OCC. The fraction of sp³-hybridized carbons (Fsp3) is 0.200. The summed E-state index contributed by atoms with van der Waals surface area (Å²) in [7, 11) is -4.12. The summed E-state index contributed by atoms with van der Waals surface area (Å²) >= 11 is 12.3. The van der Waals surface area contributed by atoms with Gasteiger partial charge in [-0.2, -0.15) is 5.10 Å². The van der Waals surface area contributed by atoms with E-state index in [-0.39, 0.29) is 15.6 Å². The minimum Gasteiger partial charge on any atom is -0.490 e. The summed E-state index contributed by atoms with van der Waals surface area (Å²) in [5.41, 5.74) is 3.12. The van der Waals surface area contributed by atoms with E-state index in [0.717, 1.165) is 4.31 Å². The molecule has 1 N–H and O–H groups in total. The molecule has 11 heteroatoms. The van der Waals surface area contributed by atoms with Gasteiger partial charge in [-0.05, 0) is 67.9 Å². The predicted octanol–water partition coefficient (Wildman–Crippen LogP) is 5.14. The van der Waals surface area contributed by atoms with Gasteiger partial charge < -0.3 is 9.47 Å². The second-order valence-corrected chi connectivity index (χ2v) is 9.99. The molecule has 0 aliphatic carbocycles. The van der Waals surface area contributed by atoms with Crippen LogP contribution in [0.2, 0.25) is 10.0 Å². The van der Waals surface area contributed by atoms with Crippen LogP contribution in [0.5, 0.6) is 11.5 Å². The van der Waals surface area contributed by atoms with Crippen LogP contribution in [0.25, 0.3) is 0 Å². The average molecular weight is 550 g/mol. The van der Waals surface area contributed by atoms with Crippen LogP contribution >= 0.6 is 23.2 Å². The van der Waals surface area contributed by atoms with Gasteiger partial charge in [-0.15, -0.1) is 0 Å². The first-order valence-electron chi connectivity index (χ1n) is 11.0. The third-order valence-corrected chi connectivity index (χ3v) is 7.08. The highest BCUT2D eigenvalue weighted by Gasteiger charge is 2.28. The third kappa shape index (κ3) is 6.90. The van der Waals surface area contributed by atoms with E-state index < -0.39 is 22.5 Å². The molecule has 0 atom stereocenters. The first kappa shape index (κ1) is 27.3. The van der Waals surface area contributed by atoms with E-state index in [0.29, 0.717) is 35.3 Å². The molecule has 0 aromatic heterocycles. The topological polar surface area (TPSA) is 97.3 Å². The molecule has 0 spiro atoms. The highest BCUT2D eigenvalue weighted by atomic mass is 35.5. The maximum atomic E-state index is 13.4. The Balaban J connectivity index is 1.82. The molecule has 3 aromatic carbocycles. The van der Waals surface area contributed by atoms with Crippen molar-refractivity contribution in [1.29, 1.82) is 0 Å². The molecule has 190 valence electrons. The van der Waals surface area contributed by atoms with Gasteiger partial charge >= 0.3 is 0 Å². The summed E-state index contributed by atoms with van der Waals surface area (Å²) < 4.78 is 38.8. The van der Waals surface area contributed by atoms with Crippen LogP contribution in [-0.4, -0.2) is 40.3 Å². The number of nitrogens with one attached hydrogen (secondary N) is 1. The normalized spacial score (nSPS) is 11.3. The number of anilines is 1. The second kappa shape index (κ2) is 12.6. The van der Waals surface area contributed by atoms with Crippen molar-refractivity contribution in [1.82, 2.24) is 5.43 Å². The number of benzene rings is 3. The minimum absolute atomic E-state index is 0.00478. The van der Waals surface area contributed by atoms with Crippen LogP contribution in [0.1, 0.15) is 19.4 Å². The molecule has 8 nitrogen and oxygen atoms in total. The van der Waals surface area contributed by atoms with Gasteiger partial charge in [-0.3, -0.25) is 9.10 Å². The van der Waals surface area contributed by atoms with Gasteiger partial charge in [-0.25, -0.2) is 13.8 Å². The predicted molar refractivity (Wildman–Crippen MR) is 142 cm³/mol. The fourth-order valence-electron chi connectivity index (χ4n) is 3.20. The number of hydrogen-bond donors (Lipinski definition) is 1. The Morgan fingerprint density at radius 3 is 2.33 bits per heavy atom. The van der Waals surface area contributed by atoms with E-state index in [1.54, 1.807) is 36.4 Å². The van der Waals surface area contributed by atoms with Gasteiger partial charge in [0.2, 0.25) is 0 Å². The number of hydrazone groups is 1. The Hall–Kier alpha value is -3.27. The van der Waals surface area contributed by atoms with Gasteiger partial charge in [0, 0.05) is 5.02 Å². The second-order valence-electron chi connectivity index (χ2n) is 7.29. The Morgan fingerprint density at radius 1 is 0.972 bits per heavy atom. The lowest BCUT2D eigenvalue weighted by molar-refractivity contribution is -0.119. The molecule has 0 heterocycles. The quantitative estimate of drug-likeness (QED) is 0.264. The molecule has 0 saturated heterocycles. The van der Waals surface area contributed by atoms with Crippen molar-refractivity contribution in [2.24, 2.45) is 5.10 Å². The number of hydrogen-bond acceptors (Lipinski definition) is 6. The van der Waals surface area contributed by atoms with Crippen LogP contribution in [0.4, 0.5) is 5.69 Å². The Kier molecular flexibility index (Phi) is 9.58. The van der Waals surface area contributed by atoms with Gasteiger partial charge in [0.05, 0.1) is 35.0 Å². The van der Waals surface area contributed by atoms with Gasteiger partial charge in [0.15, 0.2) is 11.5 Å². The monoisotopic (exact) mass is 549 g/mol. The van der Waals surface area contributed by atoms with Crippen LogP contribution in [0.15, 0.2) is 76.7 Å². The highest BCUT2D eigenvalue weighted by Crippen LogP contribution is 2.32. The molecular weight excluding hydrogens is 525 g/mol. The molecule has 0 bridgehead atoms. The summed E-state index contributed by atoms with van der Waals surface area (Å²) in [6, 6.07) is 17.3. The first-order chi connectivity index (χ1) is 17.3. The Morgan fingerprint density at radius 2 is 1.67 bits per heavy atom. The summed E-state index contributed by atoms with van der Waals surface area (Å²) in [5.74, 6) is 0.474.